The maximum absolute atomic E-state index is 13.6. The van der Waals surface area contributed by atoms with E-state index in [9.17, 15) is 18.8 Å². The van der Waals surface area contributed by atoms with E-state index in [0.29, 0.717) is 16.9 Å². The third-order valence-corrected chi connectivity index (χ3v) is 5.34. The summed E-state index contributed by atoms with van der Waals surface area (Å²) in [7, 11) is 0. The number of carbonyl (C=O) groups is 3. The molecule has 0 atom stereocenters. The van der Waals surface area contributed by atoms with Crippen LogP contribution in [0.3, 0.4) is 0 Å². The number of aryl methyl sites for hydroxylation is 1. The molecule has 1 aromatic heterocycles. The Kier molecular flexibility index (Phi) is 5.20. The maximum Gasteiger partial charge on any atom is 0.335 e. The fraction of sp³-hybridized carbons (Fsp3) is 0.0870. The average molecular weight is 438 g/mol. The highest BCUT2D eigenvalue weighted by Gasteiger charge is 2.36. The van der Waals surface area contributed by atoms with Crippen molar-refractivity contribution < 1.29 is 18.8 Å². The molecule has 8 heteroatoms. The second-order valence-electron chi connectivity index (χ2n) is 7.05. The van der Waals surface area contributed by atoms with Crippen LogP contribution in [0.5, 0.6) is 0 Å². The summed E-state index contributed by atoms with van der Waals surface area (Å²) in [6, 6.07) is 13.7. The smallest absolute Gasteiger partial charge is 0.318 e. The molecule has 0 bridgehead atoms. The second kappa shape index (κ2) is 7.85. The van der Waals surface area contributed by atoms with E-state index >= 15 is 0 Å². The zero-order chi connectivity index (χ0) is 22.3. The molecule has 4 rings (SSSR count). The molecule has 1 aliphatic rings. The van der Waals surface area contributed by atoms with Crippen LogP contribution >= 0.6 is 11.6 Å². The number of barbiturate groups is 1. The van der Waals surface area contributed by atoms with Gasteiger partial charge in [-0.3, -0.25) is 14.9 Å². The molecule has 1 N–H and O–H groups in total. The van der Waals surface area contributed by atoms with Crippen LogP contribution in [-0.2, 0) is 9.59 Å². The minimum atomic E-state index is -0.801. The van der Waals surface area contributed by atoms with Gasteiger partial charge in [0.1, 0.15) is 11.4 Å². The molecule has 0 unspecified atom stereocenters. The molecule has 1 fully saturated rings. The van der Waals surface area contributed by atoms with Crippen molar-refractivity contribution in [2.75, 3.05) is 4.90 Å². The van der Waals surface area contributed by atoms with E-state index in [4.69, 9.17) is 11.6 Å². The molecule has 2 aromatic carbocycles. The fourth-order valence-electron chi connectivity index (χ4n) is 3.58. The van der Waals surface area contributed by atoms with Gasteiger partial charge in [0.2, 0.25) is 0 Å². The molecule has 6 nitrogen and oxygen atoms in total. The SMILES string of the molecule is Cc1cc(/C=C2\C(=O)NC(=O)N(c3ccccc3)C2=O)c(C)n1-c1ccc(F)c(Cl)c1. The molecule has 31 heavy (non-hydrogen) atoms. The molecule has 1 saturated heterocycles. The van der Waals surface area contributed by atoms with Gasteiger partial charge in [-0.15, -0.1) is 0 Å². The lowest BCUT2D eigenvalue weighted by molar-refractivity contribution is -0.122. The van der Waals surface area contributed by atoms with Gasteiger partial charge in [0.05, 0.1) is 10.7 Å². The van der Waals surface area contributed by atoms with Crippen LogP contribution in [0.25, 0.3) is 11.8 Å². The summed E-state index contributed by atoms with van der Waals surface area (Å²) in [6.45, 7) is 3.65. The number of aromatic nitrogens is 1. The summed E-state index contributed by atoms with van der Waals surface area (Å²) < 4.78 is 15.4. The topological polar surface area (TPSA) is 71.4 Å². The average Bonchev–Trinajstić information content (AvgIpc) is 3.01. The Morgan fingerprint density at radius 2 is 1.68 bits per heavy atom. The van der Waals surface area contributed by atoms with Gasteiger partial charge in [0, 0.05) is 17.1 Å². The molecule has 1 aliphatic heterocycles. The van der Waals surface area contributed by atoms with Gasteiger partial charge in [-0.05, 0) is 61.9 Å². The van der Waals surface area contributed by atoms with Crippen LogP contribution in [0, 0.1) is 19.7 Å². The zero-order valence-electron chi connectivity index (χ0n) is 16.6. The van der Waals surface area contributed by atoms with Crippen LogP contribution in [0.2, 0.25) is 5.02 Å². The number of hydrogen-bond acceptors (Lipinski definition) is 3. The highest BCUT2D eigenvalue weighted by atomic mass is 35.5. The summed E-state index contributed by atoms with van der Waals surface area (Å²) in [6.07, 6.45) is 1.45. The number of rotatable bonds is 3. The molecule has 0 saturated carbocycles. The normalized spacial score (nSPS) is 15.5. The molecule has 156 valence electrons. The van der Waals surface area contributed by atoms with Crippen molar-refractivity contribution in [1.82, 2.24) is 9.88 Å². The first-order chi connectivity index (χ1) is 14.8. The van der Waals surface area contributed by atoms with E-state index < -0.39 is 23.7 Å². The number of urea groups is 1. The lowest BCUT2D eigenvalue weighted by atomic mass is 10.1. The van der Waals surface area contributed by atoms with Gasteiger partial charge in [-0.1, -0.05) is 29.8 Å². The van der Waals surface area contributed by atoms with Gasteiger partial charge in [0.25, 0.3) is 11.8 Å². The van der Waals surface area contributed by atoms with Crippen LogP contribution in [0.4, 0.5) is 14.9 Å². The van der Waals surface area contributed by atoms with E-state index in [1.54, 1.807) is 42.5 Å². The highest BCUT2D eigenvalue weighted by Crippen LogP contribution is 2.27. The maximum atomic E-state index is 13.6. The van der Waals surface area contributed by atoms with Gasteiger partial charge in [0.15, 0.2) is 0 Å². The quantitative estimate of drug-likeness (QED) is 0.482. The van der Waals surface area contributed by atoms with Gasteiger partial charge in [-0.25, -0.2) is 14.1 Å². The number of hydrogen-bond donors (Lipinski definition) is 1. The first-order valence-electron chi connectivity index (χ1n) is 9.39. The number of nitrogens with one attached hydrogen (secondary N) is 1. The predicted octanol–water partition coefficient (Wildman–Crippen LogP) is 4.55. The van der Waals surface area contributed by atoms with Crippen molar-refractivity contribution in [2.24, 2.45) is 0 Å². The van der Waals surface area contributed by atoms with E-state index in [1.807, 2.05) is 18.4 Å². The predicted molar refractivity (Wildman–Crippen MR) is 116 cm³/mol. The van der Waals surface area contributed by atoms with E-state index in [-0.39, 0.29) is 10.6 Å². The van der Waals surface area contributed by atoms with Crippen LogP contribution < -0.4 is 10.2 Å². The molecule has 0 spiro atoms. The number of carbonyl (C=O) groups excluding carboxylic acids is 3. The first kappa shape index (κ1) is 20.6. The fourth-order valence-corrected chi connectivity index (χ4v) is 3.75. The van der Waals surface area contributed by atoms with Crippen LogP contribution in [0.1, 0.15) is 17.0 Å². The summed E-state index contributed by atoms with van der Waals surface area (Å²) in [5, 5.41) is 2.20. The molecule has 4 amide bonds. The van der Waals surface area contributed by atoms with Gasteiger partial charge < -0.3 is 4.57 Å². The summed E-state index contributed by atoms with van der Waals surface area (Å²) in [4.78, 5) is 38.7. The van der Waals surface area contributed by atoms with Crippen LogP contribution in [-0.4, -0.2) is 22.4 Å². The van der Waals surface area contributed by atoms with Crippen molar-refractivity contribution in [2.45, 2.75) is 13.8 Å². The lowest BCUT2D eigenvalue weighted by Crippen LogP contribution is -2.54. The van der Waals surface area contributed by atoms with E-state index in [0.717, 1.165) is 16.3 Å². The zero-order valence-corrected chi connectivity index (χ0v) is 17.4. The van der Waals surface area contributed by atoms with Gasteiger partial charge in [-0.2, -0.15) is 0 Å². The van der Waals surface area contributed by atoms with Crippen LogP contribution in [0.15, 0.2) is 60.2 Å². The number of halogens is 2. The Labute approximate surface area is 182 Å². The van der Waals surface area contributed by atoms with Crippen molar-refractivity contribution in [1.29, 1.82) is 0 Å². The Bertz CT molecular complexity index is 1260. The van der Waals surface area contributed by atoms with E-state index in [2.05, 4.69) is 5.32 Å². The minimum Gasteiger partial charge on any atom is -0.318 e. The molecule has 0 radical (unpaired) electrons. The Balaban J connectivity index is 1.77. The Hall–Kier alpha value is -3.71. The molecule has 0 aliphatic carbocycles. The number of para-hydroxylation sites is 1. The minimum absolute atomic E-state index is 0.0104. The third kappa shape index (κ3) is 3.64. The summed E-state index contributed by atoms with van der Waals surface area (Å²) >= 11 is 5.92. The molecule has 2 heterocycles. The number of benzene rings is 2. The molecular formula is C23H17ClFN3O3. The van der Waals surface area contributed by atoms with Crippen molar-refractivity contribution in [3.8, 4) is 5.69 Å². The van der Waals surface area contributed by atoms with Crippen molar-refractivity contribution >= 4 is 41.2 Å². The largest absolute Gasteiger partial charge is 0.335 e. The first-order valence-corrected chi connectivity index (χ1v) is 9.76. The summed E-state index contributed by atoms with van der Waals surface area (Å²) in [5.41, 5.74) is 2.96. The monoisotopic (exact) mass is 437 g/mol. The molecule has 3 aromatic rings. The number of imide groups is 2. The number of nitrogens with zero attached hydrogens (tertiary/aromatic N) is 2. The Morgan fingerprint density at radius 1 is 0.968 bits per heavy atom. The van der Waals surface area contributed by atoms with Crippen molar-refractivity contribution in [3.63, 3.8) is 0 Å². The lowest BCUT2D eigenvalue weighted by Gasteiger charge is -2.26. The second-order valence-corrected chi connectivity index (χ2v) is 7.46. The number of anilines is 1. The highest BCUT2D eigenvalue weighted by molar-refractivity contribution is 6.39. The van der Waals surface area contributed by atoms with Crippen molar-refractivity contribution in [3.05, 3.63) is 88.0 Å². The summed E-state index contributed by atoms with van der Waals surface area (Å²) in [5.74, 6) is -2.00. The standard InChI is InChI=1S/C23H17ClFN3O3/c1-13-10-15(14(2)27(13)17-8-9-20(25)19(24)12-17)11-18-21(29)26-23(31)28(22(18)30)16-6-4-3-5-7-16/h3-12H,1-2H3,(H,26,29,31)/b18-11+. The Morgan fingerprint density at radius 3 is 2.35 bits per heavy atom. The van der Waals surface area contributed by atoms with E-state index in [1.165, 1.54) is 18.2 Å². The third-order valence-electron chi connectivity index (χ3n) is 5.05. The van der Waals surface area contributed by atoms with Gasteiger partial charge >= 0.3 is 6.03 Å². The molecular weight excluding hydrogens is 421 g/mol. The number of amides is 4.